The Balaban J connectivity index is 1.60. The number of rotatable bonds is 6. The average molecular weight is 527 g/mol. The number of β-lactam (4-membered cyclic amide) rings is 1. The largest absolute Gasteiger partial charge is 0.509 e. The Bertz CT molecular complexity index is 982. The number of hydrogen-bond donors (Lipinski definition) is 2. The number of aliphatic hydroxyl groups excluding tert-OH is 1. The first-order valence-electron chi connectivity index (χ1n) is 8.75. The Morgan fingerprint density at radius 1 is 1.28 bits per heavy atom. The van der Waals surface area contributed by atoms with E-state index in [4.69, 9.17) is 44.3 Å². The number of aliphatic hydroxyl groups is 1. The highest BCUT2D eigenvalue weighted by Crippen LogP contribution is 2.40. The van der Waals surface area contributed by atoms with Crippen molar-refractivity contribution in [1.29, 1.82) is 0 Å². The lowest BCUT2D eigenvalue weighted by Gasteiger charge is -2.48. The maximum absolute atomic E-state index is 12.5. The Morgan fingerprint density at radius 2 is 1.94 bits per heavy atom. The predicted molar refractivity (Wildman–Crippen MR) is 114 cm³/mol. The SMILES string of the molecule is O=C(NC1C(=O)N2C(C(=O)OCc3ccc([N+](=O)[O-])cc3)=C(O)CS[C@@H]12)OCC(Cl)(Cl)Cl. The molecule has 32 heavy (non-hydrogen) atoms. The van der Waals surface area contributed by atoms with Crippen LogP contribution < -0.4 is 5.32 Å². The summed E-state index contributed by atoms with van der Waals surface area (Å²) >= 11 is 17.6. The summed E-state index contributed by atoms with van der Waals surface area (Å²) in [6.45, 7) is -0.772. The third kappa shape index (κ3) is 5.49. The number of alkyl carbamates (subject to hydrolysis) is 1. The second-order valence-electron chi connectivity index (χ2n) is 6.52. The zero-order valence-electron chi connectivity index (χ0n) is 15.8. The van der Waals surface area contributed by atoms with Crippen molar-refractivity contribution in [2.75, 3.05) is 12.4 Å². The van der Waals surface area contributed by atoms with Gasteiger partial charge in [0.2, 0.25) is 3.79 Å². The first-order valence-corrected chi connectivity index (χ1v) is 10.9. The van der Waals surface area contributed by atoms with E-state index in [2.05, 4.69) is 5.32 Å². The van der Waals surface area contributed by atoms with E-state index in [9.17, 15) is 29.6 Å². The van der Waals surface area contributed by atoms with Gasteiger partial charge in [-0.1, -0.05) is 34.8 Å². The number of nitro benzene ring substituents is 1. The minimum Gasteiger partial charge on any atom is -0.509 e. The van der Waals surface area contributed by atoms with Crippen LogP contribution in [0, 0.1) is 10.1 Å². The molecule has 2 heterocycles. The molecule has 1 saturated heterocycles. The molecule has 0 saturated carbocycles. The second kappa shape index (κ2) is 9.61. The van der Waals surface area contributed by atoms with Crippen LogP contribution in [0.4, 0.5) is 10.5 Å². The Labute approximate surface area is 199 Å². The summed E-state index contributed by atoms with van der Waals surface area (Å²) < 4.78 is 8.05. The molecule has 2 N–H and O–H groups in total. The molecule has 15 heteroatoms. The summed E-state index contributed by atoms with van der Waals surface area (Å²) in [6.07, 6.45) is -0.990. The fraction of sp³-hybridized carbons (Fsp3) is 0.353. The number of carbonyl (C=O) groups is 3. The maximum Gasteiger partial charge on any atom is 0.408 e. The van der Waals surface area contributed by atoms with Crippen molar-refractivity contribution >= 4 is 70.2 Å². The number of amides is 2. The minimum absolute atomic E-state index is 0.00219. The van der Waals surface area contributed by atoms with E-state index in [-0.39, 0.29) is 29.5 Å². The standard InChI is InChI=1S/C17H14Cl3N3O8S/c18-17(19,20)7-31-16(27)21-11-13(25)22-12(10(24)6-32-14(11)22)15(26)30-5-8-1-3-9(4-2-8)23(28)29/h1-4,11,14,24H,5-7H2,(H,21,27)/t11?,14-/m0/s1. The highest BCUT2D eigenvalue weighted by atomic mass is 35.6. The quantitative estimate of drug-likeness (QED) is 0.188. The number of benzene rings is 1. The van der Waals surface area contributed by atoms with Crippen LogP contribution >= 0.6 is 46.6 Å². The summed E-state index contributed by atoms with van der Waals surface area (Å²) in [5.74, 6) is -1.98. The molecule has 0 bridgehead atoms. The molecular formula is C17H14Cl3N3O8S. The zero-order chi connectivity index (χ0) is 23.6. The van der Waals surface area contributed by atoms with Gasteiger partial charge >= 0.3 is 12.1 Å². The third-order valence-corrected chi connectivity index (χ3v) is 5.89. The number of nitrogens with zero attached hydrogens (tertiary/aromatic N) is 2. The third-order valence-electron chi connectivity index (χ3n) is 4.30. The molecule has 0 spiro atoms. The number of ether oxygens (including phenoxy) is 2. The first-order chi connectivity index (χ1) is 15.0. The summed E-state index contributed by atoms with van der Waals surface area (Å²) in [5, 5.41) is 22.5. The molecule has 2 amide bonds. The van der Waals surface area contributed by atoms with E-state index < -0.39 is 44.7 Å². The molecule has 0 aliphatic carbocycles. The van der Waals surface area contributed by atoms with Gasteiger partial charge in [0.05, 0.1) is 10.7 Å². The van der Waals surface area contributed by atoms with Crippen LogP contribution in [0.25, 0.3) is 0 Å². The highest BCUT2D eigenvalue weighted by Gasteiger charge is 2.55. The van der Waals surface area contributed by atoms with Gasteiger partial charge in [0, 0.05) is 12.1 Å². The fourth-order valence-electron chi connectivity index (χ4n) is 2.84. The molecule has 2 aliphatic heterocycles. The lowest BCUT2D eigenvalue weighted by atomic mass is 10.1. The number of fused-ring (bicyclic) bond motifs is 1. The smallest absolute Gasteiger partial charge is 0.408 e. The Kier molecular flexibility index (Phi) is 7.28. The average Bonchev–Trinajstić information content (AvgIpc) is 2.74. The van der Waals surface area contributed by atoms with E-state index in [1.54, 1.807) is 0 Å². The molecule has 11 nitrogen and oxygen atoms in total. The van der Waals surface area contributed by atoms with Crippen molar-refractivity contribution < 1.29 is 33.9 Å². The molecule has 3 rings (SSSR count). The van der Waals surface area contributed by atoms with Gasteiger partial charge in [-0.15, -0.1) is 11.8 Å². The molecular weight excluding hydrogens is 513 g/mol. The molecule has 2 atom stereocenters. The fourth-order valence-corrected chi connectivity index (χ4v) is 4.20. The number of nitrogens with one attached hydrogen (secondary N) is 1. The van der Waals surface area contributed by atoms with Crippen LogP contribution in [0.5, 0.6) is 0 Å². The second-order valence-corrected chi connectivity index (χ2v) is 10.1. The van der Waals surface area contributed by atoms with Gasteiger partial charge in [-0.25, -0.2) is 9.59 Å². The lowest BCUT2D eigenvalue weighted by molar-refractivity contribution is -0.384. The van der Waals surface area contributed by atoms with E-state index in [0.717, 1.165) is 16.7 Å². The monoisotopic (exact) mass is 525 g/mol. The van der Waals surface area contributed by atoms with E-state index >= 15 is 0 Å². The van der Waals surface area contributed by atoms with Gasteiger partial charge < -0.3 is 19.9 Å². The van der Waals surface area contributed by atoms with Gasteiger partial charge in [0.25, 0.3) is 11.6 Å². The van der Waals surface area contributed by atoms with Crippen molar-refractivity contribution in [3.05, 3.63) is 51.4 Å². The number of carbonyl (C=O) groups excluding carboxylic acids is 3. The molecule has 2 aliphatic rings. The summed E-state index contributed by atoms with van der Waals surface area (Å²) in [5.41, 5.74) is 0.00923. The van der Waals surface area contributed by atoms with Crippen LogP contribution in [0.1, 0.15) is 5.56 Å². The van der Waals surface area contributed by atoms with Crippen LogP contribution in [0.2, 0.25) is 0 Å². The highest BCUT2D eigenvalue weighted by molar-refractivity contribution is 8.00. The minimum atomic E-state index is -1.82. The van der Waals surface area contributed by atoms with Crippen molar-refractivity contribution in [2.24, 2.45) is 0 Å². The molecule has 172 valence electrons. The Hall–Kier alpha value is -2.41. The number of alkyl halides is 3. The van der Waals surface area contributed by atoms with Gasteiger partial charge in [0.1, 0.15) is 30.4 Å². The van der Waals surface area contributed by atoms with Crippen molar-refractivity contribution in [2.45, 2.75) is 21.8 Å². The van der Waals surface area contributed by atoms with Crippen molar-refractivity contribution in [1.82, 2.24) is 10.2 Å². The maximum atomic E-state index is 12.5. The van der Waals surface area contributed by atoms with Crippen LogP contribution in [0.3, 0.4) is 0 Å². The topological polar surface area (TPSA) is 148 Å². The van der Waals surface area contributed by atoms with Crippen LogP contribution in [-0.2, 0) is 25.7 Å². The molecule has 0 radical (unpaired) electrons. The summed E-state index contributed by atoms with van der Waals surface area (Å²) in [4.78, 5) is 48.0. The van der Waals surface area contributed by atoms with Crippen molar-refractivity contribution in [3.8, 4) is 0 Å². The summed E-state index contributed by atoms with van der Waals surface area (Å²) in [7, 11) is 0. The lowest BCUT2D eigenvalue weighted by Crippen LogP contribution is -2.70. The molecule has 1 aromatic carbocycles. The van der Waals surface area contributed by atoms with Gasteiger partial charge in [0.15, 0.2) is 5.70 Å². The molecule has 1 unspecified atom stereocenters. The van der Waals surface area contributed by atoms with E-state index in [1.807, 2.05) is 0 Å². The van der Waals surface area contributed by atoms with Crippen molar-refractivity contribution in [3.63, 3.8) is 0 Å². The number of non-ortho nitro benzene ring substituents is 1. The van der Waals surface area contributed by atoms with E-state index in [0.29, 0.717) is 5.56 Å². The van der Waals surface area contributed by atoms with E-state index in [1.165, 1.54) is 24.3 Å². The van der Waals surface area contributed by atoms with Gasteiger partial charge in [-0.2, -0.15) is 0 Å². The van der Waals surface area contributed by atoms with Gasteiger partial charge in [-0.3, -0.25) is 19.8 Å². The molecule has 1 fully saturated rings. The molecule has 1 aromatic rings. The molecule has 0 aromatic heterocycles. The number of thioether (sulfide) groups is 1. The zero-order valence-corrected chi connectivity index (χ0v) is 18.9. The predicted octanol–water partition coefficient (Wildman–Crippen LogP) is 2.79. The normalized spacial score (nSPS) is 20.2. The number of halogens is 3. The first kappa shape index (κ1) is 24.2. The van der Waals surface area contributed by atoms with Gasteiger partial charge in [-0.05, 0) is 17.7 Å². The summed E-state index contributed by atoms with van der Waals surface area (Å²) in [6, 6.07) is 4.32. The number of hydrogen-bond acceptors (Lipinski definition) is 9. The van der Waals surface area contributed by atoms with Crippen LogP contribution in [-0.4, -0.2) is 60.5 Å². The number of nitro groups is 1. The van der Waals surface area contributed by atoms with Crippen LogP contribution in [0.15, 0.2) is 35.7 Å². The number of esters is 1. The Morgan fingerprint density at radius 3 is 2.53 bits per heavy atom.